The summed E-state index contributed by atoms with van der Waals surface area (Å²) in [6.07, 6.45) is 2.74. The van der Waals surface area contributed by atoms with Gasteiger partial charge in [-0.05, 0) is 45.4 Å². The summed E-state index contributed by atoms with van der Waals surface area (Å²) in [7, 11) is 0. The van der Waals surface area contributed by atoms with Gasteiger partial charge in [-0.2, -0.15) is 0 Å². The Hall–Kier alpha value is -3.42. The molecular formula is C21H37N9O5. The fourth-order valence-corrected chi connectivity index (χ4v) is 4.37. The van der Waals surface area contributed by atoms with Crippen LogP contribution in [0, 0.1) is 0 Å². The maximum Gasteiger partial charge on any atom is 0.245 e. The van der Waals surface area contributed by atoms with Crippen molar-refractivity contribution in [3.8, 4) is 0 Å². The van der Waals surface area contributed by atoms with Gasteiger partial charge in [0.2, 0.25) is 29.5 Å². The quantitative estimate of drug-likeness (QED) is 0.0951. The van der Waals surface area contributed by atoms with E-state index in [1.807, 2.05) is 0 Å². The third-order valence-corrected chi connectivity index (χ3v) is 6.23. The van der Waals surface area contributed by atoms with Gasteiger partial charge < -0.3 is 43.4 Å². The van der Waals surface area contributed by atoms with Gasteiger partial charge in [0.15, 0.2) is 5.96 Å². The molecule has 0 radical (unpaired) electrons. The SMILES string of the molecule is C[C@H](NC(=O)C1CCCN1C(=O)C(CCCN=C(N)N)NC(=O)C1CCCN1C(=O)CN)C(N)=O. The third kappa shape index (κ3) is 7.53. The van der Waals surface area contributed by atoms with Gasteiger partial charge in [0.05, 0.1) is 6.54 Å². The van der Waals surface area contributed by atoms with Gasteiger partial charge in [0.1, 0.15) is 24.2 Å². The molecule has 4 atom stereocenters. The first-order chi connectivity index (χ1) is 16.6. The molecule has 0 saturated carbocycles. The number of carbonyl (C=O) groups is 5. The number of rotatable bonds is 11. The predicted octanol–water partition coefficient (Wildman–Crippen LogP) is -3.54. The highest BCUT2D eigenvalue weighted by molar-refractivity contribution is 5.95. The van der Waals surface area contributed by atoms with Gasteiger partial charge in [-0.25, -0.2) is 0 Å². The topological polar surface area (TPSA) is 232 Å². The standard InChI is InChI=1S/C21H37N9O5/c1-12(17(23)32)27-18(33)15-7-4-10-30(15)20(35)13(5-2-8-26-21(24)25)28-19(34)14-6-3-9-29(14)16(31)11-22/h12-15H,2-11,22H2,1H3,(H2,23,32)(H,27,33)(H,28,34)(H4,24,25,26)/t12-,13?,14?,15?/m0/s1. The van der Waals surface area contributed by atoms with Crippen LogP contribution in [0.25, 0.3) is 0 Å². The second-order valence-electron chi connectivity index (χ2n) is 8.78. The summed E-state index contributed by atoms with van der Waals surface area (Å²) < 4.78 is 0. The molecule has 196 valence electrons. The molecule has 5 amide bonds. The fourth-order valence-electron chi connectivity index (χ4n) is 4.37. The maximum absolute atomic E-state index is 13.5. The Bertz CT molecular complexity index is 845. The summed E-state index contributed by atoms with van der Waals surface area (Å²) in [5, 5.41) is 5.29. The smallest absolute Gasteiger partial charge is 0.245 e. The summed E-state index contributed by atoms with van der Waals surface area (Å²) in [4.78, 5) is 69.4. The molecular weight excluding hydrogens is 458 g/mol. The van der Waals surface area contributed by atoms with Gasteiger partial charge in [-0.15, -0.1) is 0 Å². The number of likely N-dealkylation sites (tertiary alicyclic amines) is 2. The predicted molar refractivity (Wildman–Crippen MR) is 127 cm³/mol. The summed E-state index contributed by atoms with van der Waals surface area (Å²) >= 11 is 0. The Balaban J connectivity index is 2.15. The maximum atomic E-state index is 13.5. The van der Waals surface area contributed by atoms with Crippen molar-refractivity contribution in [2.24, 2.45) is 27.9 Å². The van der Waals surface area contributed by atoms with Crippen molar-refractivity contribution >= 4 is 35.5 Å². The van der Waals surface area contributed by atoms with Crippen molar-refractivity contribution in [1.29, 1.82) is 0 Å². The normalized spacial score (nSPS) is 21.2. The fraction of sp³-hybridized carbons (Fsp3) is 0.714. The zero-order chi connectivity index (χ0) is 26.1. The number of nitrogens with one attached hydrogen (secondary N) is 2. The lowest BCUT2D eigenvalue weighted by Gasteiger charge is -2.31. The number of nitrogens with two attached hydrogens (primary N) is 4. The van der Waals surface area contributed by atoms with Crippen molar-refractivity contribution in [2.45, 2.75) is 69.6 Å². The molecule has 0 aromatic heterocycles. The molecule has 3 unspecified atom stereocenters. The van der Waals surface area contributed by atoms with Crippen LogP contribution in [-0.2, 0) is 24.0 Å². The van der Waals surface area contributed by atoms with Crippen LogP contribution in [0.15, 0.2) is 4.99 Å². The molecule has 2 aliphatic heterocycles. The first-order valence-electron chi connectivity index (χ1n) is 11.8. The van der Waals surface area contributed by atoms with Gasteiger partial charge in [0, 0.05) is 19.6 Å². The lowest BCUT2D eigenvalue weighted by Crippen LogP contribution is -2.57. The van der Waals surface area contributed by atoms with E-state index in [1.165, 1.54) is 16.7 Å². The third-order valence-electron chi connectivity index (χ3n) is 6.23. The Labute approximate surface area is 204 Å². The number of guanidine groups is 1. The van der Waals surface area contributed by atoms with Crippen LogP contribution >= 0.6 is 0 Å². The van der Waals surface area contributed by atoms with Crippen molar-refractivity contribution < 1.29 is 24.0 Å². The minimum atomic E-state index is -0.950. The first kappa shape index (κ1) is 27.8. The molecule has 10 N–H and O–H groups in total. The highest BCUT2D eigenvalue weighted by Gasteiger charge is 2.40. The van der Waals surface area contributed by atoms with Crippen LogP contribution < -0.4 is 33.6 Å². The summed E-state index contributed by atoms with van der Waals surface area (Å²) in [5.41, 5.74) is 21.4. The average Bonchev–Trinajstić information content (AvgIpc) is 3.49. The van der Waals surface area contributed by atoms with Crippen molar-refractivity contribution in [2.75, 3.05) is 26.2 Å². The minimum Gasteiger partial charge on any atom is -0.370 e. The van der Waals surface area contributed by atoms with Crippen LogP contribution in [0.2, 0.25) is 0 Å². The van der Waals surface area contributed by atoms with Crippen LogP contribution in [0.3, 0.4) is 0 Å². The van der Waals surface area contributed by atoms with E-state index < -0.39 is 47.8 Å². The Morgan fingerprint density at radius 2 is 1.51 bits per heavy atom. The monoisotopic (exact) mass is 495 g/mol. The molecule has 14 nitrogen and oxygen atoms in total. The second kappa shape index (κ2) is 12.9. The molecule has 2 fully saturated rings. The van der Waals surface area contributed by atoms with Crippen LogP contribution in [-0.4, -0.2) is 95.6 Å². The van der Waals surface area contributed by atoms with Crippen molar-refractivity contribution in [1.82, 2.24) is 20.4 Å². The first-order valence-corrected chi connectivity index (χ1v) is 11.8. The van der Waals surface area contributed by atoms with E-state index in [2.05, 4.69) is 15.6 Å². The van der Waals surface area contributed by atoms with Crippen molar-refractivity contribution in [3.63, 3.8) is 0 Å². The molecule has 2 rings (SSSR count). The van der Waals surface area contributed by atoms with Gasteiger partial charge in [0.25, 0.3) is 0 Å². The molecule has 0 aromatic carbocycles. The van der Waals surface area contributed by atoms with Gasteiger partial charge >= 0.3 is 0 Å². The van der Waals surface area contributed by atoms with E-state index in [1.54, 1.807) is 0 Å². The summed E-state index contributed by atoms with van der Waals surface area (Å²) in [6, 6.07) is -3.34. The number of nitrogens with zero attached hydrogens (tertiary/aromatic N) is 3. The van der Waals surface area contributed by atoms with Crippen LogP contribution in [0.5, 0.6) is 0 Å². The highest BCUT2D eigenvalue weighted by atomic mass is 16.2. The zero-order valence-corrected chi connectivity index (χ0v) is 20.1. The number of hydrogen-bond donors (Lipinski definition) is 6. The number of carbonyl (C=O) groups excluding carboxylic acids is 5. The summed E-state index contributed by atoms with van der Waals surface area (Å²) in [5.74, 6) is -2.47. The lowest BCUT2D eigenvalue weighted by atomic mass is 10.1. The van der Waals surface area contributed by atoms with Gasteiger partial charge in [-0.1, -0.05) is 0 Å². The Morgan fingerprint density at radius 3 is 2.09 bits per heavy atom. The Morgan fingerprint density at radius 1 is 0.943 bits per heavy atom. The highest BCUT2D eigenvalue weighted by Crippen LogP contribution is 2.21. The molecule has 2 heterocycles. The van der Waals surface area contributed by atoms with E-state index in [9.17, 15) is 24.0 Å². The Kier molecular flexibility index (Phi) is 10.2. The molecule has 0 aromatic rings. The van der Waals surface area contributed by atoms with E-state index >= 15 is 0 Å². The molecule has 2 aliphatic rings. The van der Waals surface area contributed by atoms with E-state index in [0.717, 1.165) is 0 Å². The van der Waals surface area contributed by atoms with Crippen molar-refractivity contribution in [3.05, 3.63) is 0 Å². The van der Waals surface area contributed by atoms with E-state index in [-0.39, 0.29) is 31.4 Å². The summed E-state index contributed by atoms with van der Waals surface area (Å²) in [6.45, 7) is 2.25. The number of primary amides is 1. The number of aliphatic imine (C=N–C) groups is 1. The number of hydrogen-bond acceptors (Lipinski definition) is 7. The molecule has 2 saturated heterocycles. The molecule has 14 heteroatoms. The van der Waals surface area contributed by atoms with E-state index in [4.69, 9.17) is 22.9 Å². The average molecular weight is 496 g/mol. The largest absolute Gasteiger partial charge is 0.370 e. The number of amides is 5. The minimum absolute atomic E-state index is 0.0846. The lowest BCUT2D eigenvalue weighted by molar-refractivity contribution is -0.143. The molecule has 35 heavy (non-hydrogen) atoms. The molecule has 0 spiro atoms. The molecule has 0 bridgehead atoms. The van der Waals surface area contributed by atoms with Gasteiger partial charge in [-0.3, -0.25) is 29.0 Å². The van der Waals surface area contributed by atoms with Crippen LogP contribution in [0.1, 0.15) is 45.4 Å². The van der Waals surface area contributed by atoms with E-state index in [0.29, 0.717) is 45.2 Å². The molecule has 0 aliphatic carbocycles. The zero-order valence-electron chi connectivity index (χ0n) is 20.1. The van der Waals surface area contributed by atoms with Crippen LogP contribution in [0.4, 0.5) is 0 Å². The second-order valence-corrected chi connectivity index (χ2v) is 8.78.